The molecule has 6 heteroatoms. The van der Waals surface area contributed by atoms with E-state index in [2.05, 4.69) is 59.9 Å². The fraction of sp³-hybridized carbons (Fsp3) is 0.321. The van der Waals surface area contributed by atoms with E-state index in [1.54, 1.807) is 24.5 Å². The van der Waals surface area contributed by atoms with Crippen LogP contribution in [0.1, 0.15) is 66.5 Å². The van der Waals surface area contributed by atoms with E-state index in [1.165, 1.54) is 11.1 Å². The molecule has 0 saturated heterocycles. The molecule has 1 N–H and O–H groups in total. The highest BCUT2D eigenvalue weighted by atomic mass is 16.5. The SMILES string of the molecule is Cc1ccc(C(C)C)c(OCCCn2c(C(C)NC(=O)c3cccnc3)nc3ccccc32)c1. The van der Waals surface area contributed by atoms with Gasteiger partial charge in [-0.2, -0.15) is 0 Å². The zero-order valence-electron chi connectivity index (χ0n) is 20.3. The number of carbonyl (C=O) groups is 1. The summed E-state index contributed by atoms with van der Waals surface area (Å²) < 4.78 is 8.39. The van der Waals surface area contributed by atoms with Gasteiger partial charge in [0.2, 0.25) is 0 Å². The lowest BCUT2D eigenvalue weighted by Crippen LogP contribution is -2.29. The Hall–Kier alpha value is -3.67. The Morgan fingerprint density at radius 2 is 1.91 bits per heavy atom. The van der Waals surface area contributed by atoms with Crippen molar-refractivity contribution in [2.24, 2.45) is 0 Å². The zero-order valence-corrected chi connectivity index (χ0v) is 20.3. The highest BCUT2D eigenvalue weighted by Crippen LogP contribution is 2.28. The molecule has 4 rings (SSSR count). The summed E-state index contributed by atoms with van der Waals surface area (Å²) in [6, 6.07) is 17.7. The lowest BCUT2D eigenvalue weighted by atomic mass is 10.0. The smallest absolute Gasteiger partial charge is 0.253 e. The minimum absolute atomic E-state index is 0.164. The summed E-state index contributed by atoms with van der Waals surface area (Å²) in [6.07, 6.45) is 4.05. The molecule has 0 aliphatic heterocycles. The van der Waals surface area contributed by atoms with E-state index in [-0.39, 0.29) is 11.9 Å². The number of hydrogen-bond donors (Lipinski definition) is 1. The van der Waals surface area contributed by atoms with Crippen LogP contribution in [-0.2, 0) is 6.54 Å². The number of ether oxygens (including phenoxy) is 1. The Bertz CT molecular complexity index is 1260. The van der Waals surface area contributed by atoms with Gasteiger partial charge in [0.1, 0.15) is 11.6 Å². The van der Waals surface area contributed by atoms with Gasteiger partial charge in [-0.3, -0.25) is 9.78 Å². The van der Waals surface area contributed by atoms with Gasteiger partial charge in [0.15, 0.2) is 0 Å². The molecular weight excluding hydrogens is 424 g/mol. The summed E-state index contributed by atoms with van der Waals surface area (Å²) >= 11 is 0. The van der Waals surface area contributed by atoms with Crippen molar-refractivity contribution < 1.29 is 9.53 Å². The van der Waals surface area contributed by atoms with Crippen LogP contribution in [0.3, 0.4) is 0 Å². The lowest BCUT2D eigenvalue weighted by molar-refractivity contribution is 0.0937. The van der Waals surface area contributed by atoms with Crippen LogP contribution in [0.2, 0.25) is 0 Å². The molecule has 1 atom stereocenters. The van der Waals surface area contributed by atoms with Crippen LogP contribution in [0.5, 0.6) is 5.75 Å². The number of para-hydroxylation sites is 2. The molecule has 2 aromatic heterocycles. The number of rotatable bonds is 9. The molecule has 1 amide bonds. The first-order chi connectivity index (χ1) is 16.4. The summed E-state index contributed by atoms with van der Waals surface area (Å²) in [5.41, 5.74) is 4.93. The number of nitrogens with zero attached hydrogens (tertiary/aromatic N) is 3. The zero-order chi connectivity index (χ0) is 24.1. The third-order valence-corrected chi connectivity index (χ3v) is 5.92. The maximum atomic E-state index is 12.7. The number of fused-ring (bicyclic) bond motifs is 1. The van der Waals surface area contributed by atoms with E-state index in [0.29, 0.717) is 18.1 Å². The van der Waals surface area contributed by atoms with Gasteiger partial charge in [0.05, 0.1) is 29.2 Å². The molecule has 6 nitrogen and oxygen atoms in total. The van der Waals surface area contributed by atoms with Crippen molar-refractivity contribution in [3.8, 4) is 5.75 Å². The first-order valence-electron chi connectivity index (χ1n) is 11.8. The molecular formula is C28H32N4O2. The van der Waals surface area contributed by atoms with Gasteiger partial charge >= 0.3 is 0 Å². The quantitative estimate of drug-likeness (QED) is 0.322. The van der Waals surface area contributed by atoms with Crippen LogP contribution in [0.25, 0.3) is 11.0 Å². The summed E-state index contributed by atoms with van der Waals surface area (Å²) in [5, 5.41) is 3.06. The first kappa shape index (κ1) is 23.5. The topological polar surface area (TPSA) is 69.0 Å². The fourth-order valence-electron chi connectivity index (χ4n) is 4.15. The normalized spacial score (nSPS) is 12.1. The summed E-state index contributed by atoms with van der Waals surface area (Å²) in [6.45, 7) is 9.76. The van der Waals surface area contributed by atoms with Crippen molar-refractivity contribution in [2.45, 2.75) is 52.6 Å². The predicted molar refractivity (Wildman–Crippen MR) is 135 cm³/mol. The van der Waals surface area contributed by atoms with E-state index in [0.717, 1.165) is 35.6 Å². The molecule has 1 unspecified atom stereocenters. The van der Waals surface area contributed by atoms with Crippen molar-refractivity contribution in [1.29, 1.82) is 0 Å². The van der Waals surface area contributed by atoms with Crippen LogP contribution < -0.4 is 10.1 Å². The monoisotopic (exact) mass is 456 g/mol. The Morgan fingerprint density at radius 3 is 2.68 bits per heavy atom. The van der Waals surface area contributed by atoms with Gasteiger partial charge in [0, 0.05) is 18.9 Å². The van der Waals surface area contributed by atoms with Gasteiger partial charge in [0.25, 0.3) is 5.91 Å². The predicted octanol–water partition coefficient (Wildman–Crippen LogP) is 5.82. The molecule has 0 fully saturated rings. The van der Waals surface area contributed by atoms with Crippen LogP contribution in [-0.4, -0.2) is 27.0 Å². The fourth-order valence-corrected chi connectivity index (χ4v) is 4.15. The standard InChI is InChI=1S/C28H32N4O2/c1-19(2)23-13-12-20(3)17-26(23)34-16-8-15-32-25-11-6-5-10-24(25)31-27(32)21(4)30-28(33)22-9-7-14-29-18-22/h5-7,9-14,17-19,21H,8,15-16H2,1-4H3,(H,30,33). The molecule has 2 aromatic carbocycles. The molecule has 0 saturated carbocycles. The van der Waals surface area contributed by atoms with E-state index < -0.39 is 0 Å². The largest absolute Gasteiger partial charge is 0.493 e. The van der Waals surface area contributed by atoms with E-state index >= 15 is 0 Å². The van der Waals surface area contributed by atoms with Gasteiger partial charge in [-0.1, -0.05) is 38.1 Å². The highest BCUT2D eigenvalue weighted by Gasteiger charge is 2.19. The van der Waals surface area contributed by atoms with Gasteiger partial charge in [-0.05, 0) is 67.6 Å². The van der Waals surface area contributed by atoms with Crippen LogP contribution in [0.15, 0.2) is 67.0 Å². The van der Waals surface area contributed by atoms with Crippen molar-refractivity contribution in [3.05, 3.63) is 89.5 Å². The second kappa shape index (κ2) is 10.5. The number of pyridine rings is 1. The lowest BCUT2D eigenvalue weighted by Gasteiger charge is -2.17. The van der Waals surface area contributed by atoms with Gasteiger partial charge in [-0.15, -0.1) is 0 Å². The minimum Gasteiger partial charge on any atom is -0.493 e. The van der Waals surface area contributed by atoms with Crippen molar-refractivity contribution in [1.82, 2.24) is 19.9 Å². The van der Waals surface area contributed by atoms with Gasteiger partial charge in [-0.25, -0.2) is 4.98 Å². The molecule has 34 heavy (non-hydrogen) atoms. The average Bonchev–Trinajstić information content (AvgIpc) is 3.21. The number of hydrogen-bond acceptors (Lipinski definition) is 4. The molecule has 0 radical (unpaired) electrons. The van der Waals surface area contributed by atoms with Crippen LogP contribution in [0.4, 0.5) is 0 Å². The number of aromatic nitrogens is 3. The number of amides is 1. The average molecular weight is 457 g/mol. The Labute approximate surface area is 201 Å². The molecule has 0 bridgehead atoms. The Morgan fingerprint density at radius 1 is 1.09 bits per heavy atom. The second-order valence-electron chi connectivity index (χ2n) is 8.95. The molecule has 0 spiro atoms. The molecule has 0 aliphatic carbocycles. The number of imidazole rings is 1. The van der Waals surface area contributed by atoms with Crippen LogP contribution >= 0.6 is 0 Å². The van der Waals surface area contributed by atoms with Crippen molar-refractivity contribution >= 4 is 16.9 Å². The molecule has 2 heterocycles. The molecule has 176 valence electrons. The summed E-state index contributed by atoms with van der Waals surface area (Å²) in [4.78, 5) is 21.6. The highest BCUT2D eigenvalue weighted by molar-refractivity contribution is 5.94. The van der Waals surface area contributed by atoms with E-state index in [9.17, 15) is 4.79 Å². The summed E-state index contributed by atoms with van der Waals surface area (Å²) in [7, 11) is 0. The maximum Gasteiger partial charge on any atom is 0.253 e. The number of carbonyl (C=O) groups excluding carboxylic acids is 1. The number of aryl methyl sites for hydroxylation is 2. The molecule has 0 aliphatic rings. The Balaban J connectivity index is 1.49. The number of nitrogens with one attached hydrogen (secondary N) is 1. The van der Waals surface area contributed by atoms with E-state index in [4.69, 9.17) is 9.72 Å². The van der Waals surface area contributed by atoms with E-state index in [1.807, 2.05) is 25.1 Å². The maximum absolute atomic E-state index is 12.7. The third kappa shape index (κ3) is 5.28. The minimum atomic E-state index is -0.259. The van der Waals surface area contributed by atoms with Crippen LogP contribution in [0, 0.1) is 6.92 Å². The first-order valence-corrected chi connectivity index (χ1v) is 11.8. The van der Waals surface area contributed by atoms with Gasteiger partial charge < -0.3 is 14.6 Å². The molecule has 4 aromatic rings. The third-order valence-electron chi connectivity index (χ3n) is 5.92. The number of benzene rings is 2. The van der Waals surface area contributed by atoms with Crippen molar-refractivity contribution in [3.63, 3.8) is 0 Å². The second-order valence-corrected chi connectivity index (χ2v) is 8.95. The van der Waals surface area contributed by atoms with Crippen molar-refractivity contribution in [2.75, 3.05) is 6.61 Å². The Kier molecular flexibility index (Phi) is 7.26. The summed E-state index contributed by atoms with van der Waals surface area (Å²) in [5.74, 6) is 2.03.